The van der Waals surface area contributed by atoms with E-state index in [0.29, 0.717) is 5.71 Å². The number of oxime groups is 1. The van der Waals surface area contributed by atoms with Crippen LogP contribution >= 0.6 is 0 Å². The summed E-state index contributed by atoms with van der Waals surface area (Å²) >= 11 is 0. The van der Waals surface area contributed by atoms with E-state index in [9.17, 15) is 15.3 Å². The van der Waals surface area contributed by atoms with E-state index in [-0.39, 0.29) is 16.0 Å². The minimum atomic E-state index is -0.373. The third-order valence-electron chi connectivity index (χ3n) is 6.38. The van der Waals surface area contributed by atoms with Crippen LogP contribution in [-0.4, -0.2) is 20.4 Å². The maximum Gasteiger partial charge on any atom is 0.270 e. The van der Waals surface area contributed by atoms with Crippen LogP contribution in [0.5, 0.6) is 0 Å². The first-order valence-electron chi connectivity index (χ1n) is 11.1. The molecule has 0 aliphatic carbocycles. The third kappa shape index (κ3) is 3.75. The molecule has 4 rings (SSSR count). The van der Waals surface area contributed by atoms with Crippen molar-refractivity contribution < 1.29 is 10.1 Å². The highest BCUT2D eigenvalue weighted by Gasteiger charge is 2.21. The van der Waals surface area contributed by atoms with E-state index in [1.807, 2.05) is 32.0 Å². The SMILES string of the molecule is CCn1c2ccc(/C(=N/O)c3c(C)cc(C(C)(C)C)cc3C)cc2c2cc([N+](=O)[O-])ccc21. The molecule has 3 aromatic carbocycles. The lowest BCUT2D eigenvalue weighted by atomic mass is 9.82. The Bertz CT molecular complexity index is 1420. The Balaban J connectivity index is 1.95. The van der Waals surface area contributed by atoms with Gasteiger partial charge in [-0.2, -0.15) is 0 Å². The molecule has 0 amide bonds. The molecular weight excluding hydrogens is 414 g/mol. The number of nitro groups is 1. The van der Waals surface area contributed by atoms with Gasteiger partial charge in [-0.15, -0.1) is 0 Å². The quantitative estimate of drug-likeness (QED) is 0.162. The third-order valence-corrected chi connectivity index (χ3v) is 6.38. The van der Waals surface area contributed by atoms with Crippen LogP contribution in [0.1, 0.15) is 55.5 Å². The predicted molar refractivity (Wildman–Crippen MR) is 134 cm³/mol. The highest BCUT2D eigenvalue weighted by molar-refractivity contribution is 6.18. The van der Waals surface area contributed by atoms with E-state index >= 15 is 0 Å². The average molecular weight is 444 g/mol. The molecule has 0 unspecified atom stereocenters. The first-order chi connectivity index (χ1) is 15.6. The molecule has 6 nitrogen and oxygen atoms in total. The normalized spacial score (nSPS) is 12.6. The second-order valence-corrected chi connectivity index (χ2v) is 9.62. The maximum atomic E-state index is 11.4. The number of non-ortho nitro benzene ring substituents is 1. The first kappa shape index (κ1) is 22.5. The largest absolute Gasteiger partial charge is 0.410 e. The molecule has 0 spiro atoms. The molecule has 4 aromatic rings. The number of aryl methyl sites for hydroxylation is 3. The Morgan fingerprint density at radius 1 is 1.00 bits per heavy atom. The van der Waals surface area contributed by atoms with Gasteiger partial charge in [-0.1, -0.05) is 44.1 Å². The van der Waals surface area contributed by atoms with Crippen molar-refractivity contribution in [1.29, 1.82) is 0 Å². The van der Waals surface area contributed by atoms with Crippen molar-refractivity contribution >= 4 is 33.2 Å². The van der Waals surface area contributed by atoms with Crippen LogP contribution < -0.4 is 0 Å². The van der Waals surface area contributed by atoms with Gasteiger partial charge >= 0.3 is 0 Å². The summed E-state index contributed by atoms with van der Waals surface area (Å²) in [7, 11) is 0. The van der Waals surface area contributed by atoms with Crippen LogP contribution in [0.2, 0.25) is 0 Å². The minimum absolute atomic E-state index is 0.0141. The van der Waals surface area contributed by atoms with Crippen molar-refractivity contribution in [3.05, 3.63) is 86.5 Å². The lowest BCUT2D eigenvalue weighted by Gasteiger charge is -2.22. The summed E-state index contributed by atoms with van der Waals surface area (Å²) < 4.78 is 2.14. The second kappa shape index (κ2) is 8.03. The summed E-state index contributed by atoms with van der Waals surface area (Å²) in [5, 5.41) is 26.9. The number of nitro benzene ring substituents is 1. The Labute approximate surface area is 193 Å². The minimum Gasteiger partial charge on any atom is -0.410 e. The van der Waals surface area contributed by atoms with Crippen LogP contribution in [0.3, 0.4) is 0 Å². The predicted octanol–water partition coefficient (Wildman–Crippen LogP) is 6.86. The molecule has 0 saturated carbocycles. The van der Waals surface area contributed by atoms with Crippen molar-refractivity contribution in [2.45, 2.75) is 53.5 Å². The Kier molecular flexibility index (Phi) is 5.48. The number of hydrogen-bond donors (Lipinski definition) is 1. The van der Waals surface area contributed by atoms with Crippen LogP contribution in [0.25, 0.3) is 21.8 Å². The van der Waals surface area contributed by atoms with Gasteiger partial charge in [0, 0.05) is 51.6 Å². The van der Waals surface area contributed by atoms with Gasteiger partial charge in [-0.25, -0.2) is 0 Å². The molecule has 0 atom stereocenters. The molecule has 0 saturated heterocycles. The molecule has 6 heteroatoms. The van der Waals surface area contributed by atoms with Gasteiger partial charge in [-0.3, -0.25) is 10.1 Å². The summed E-state index contributed by atoms with van der Waals surface area (Å²) in [5.74, 6) is 0. The monoisotopic (exact) mass is 443 g/mol. The highest BCUT2D eigenvalue weighted by Crippen LogP contribution is 2.34. The van der Waals surface area contributed by atoms with Crippen LogP contribution in [0, 0.1) is 24.0 Å². The van der Waals surface area contributed by atoms with Gasteiger partial charge < -0.3 is 9.77 Å². The van der Waals surface area contributed by atoms with E-state index < -0.39 is 0 Å². The standard InChI is InChI=1S/C27H29N3O3/c1-7-29-23-10-8-18(14-21(23)22-15-20(30(32)33)9-11-24(22)29)26(28-31)25-16(2)12-19(13-17(25)3)27(4,5)6/h8-15,31H,7H2,1-6H3/b28-26-. The molecule has 33 heavy (non-hydrogen) atoms. The molecule has 0 aliphatic rings. The van der Waals surface area contributed by atoms with Gasteiger partial charge in [0.2, 0.25) is 0 Å². The molecule has 1 aromatic heterocycles. The number of nitrogens with zero attached hydrogens (tertiary/aromatic N) is 3. The highest BCUT2D eigenvalue weighted by atomic mass is 16.6. The molecule has 0 radical (unpaired) electrons. The summed E-state index contributed by atoms with van der Waals surface area (Å²) in [5.41, 5.74) is 7.48. The van der Waals surface area contributed by atoms with Crippen LogP contribution in [-0.2, 0) is 12.0 Å². The van der Waals surface area contributed by atoms with Gasteiger partial charge in [0.1, 0.15) is 5.71 Å². The Morgan fingerprint density at radius 3 is 2.09 bits per heavy atom. The summed E-state index contributed by atoms with van der Waals surface area (Å²) in [6, 6.07) is 15.2. The number of benzene rings is 3. The van der Waals surface area contributed by atoms with E-state index in [4.69, 9.17) is 0 Å². The second-order valence-electron chi connectivity index (χ2n) is 9.62. The number of rotatable bonds is 4. The van der Waals surface area contributed by atoms with Gasteiger partial charge in [-0.05, 0) is 61.1 Å². The lowest BCUT2D eigenvalue weighted by Crippen LogP contribution is -2.15. The zero-order chi connectivity index (χ0) is 24.1. The molecule has 0 fully saturated rings. The maximum absolute atomic E-state index is 11.4. The van der Waals surface area contributed by atoms with Crippen molar-refractivity contribution in [2.24, 2.45) is 5.16 Å². The van der Waals surface area contributed by atoms with Crippen LogP contribution in [0.15, 0.2) is 53.7 Å². The van der Waals surface area contributed by atoms with Crippen molar-refractivity contribution in [1.82, 2.24) is 4.57 Å². The zero-order valence-corrected chi connectivity index (χ0v) is 19.9. The Morgan fingerprint density at radius 2 is 1.58 bits per heavy atom. The molecule has 0 bridgehead atoms. The van der Waals surface area contributed by atoms with Crippen molar-refractivity contribution in [3.8, 4) is 0 Å². The molecule has 0 aliphatic heterocycles. The molecule has 1 N–H and O–H groups in total. The van der Waals surface area contributed by atoms with E-state index in [2.05, 4.69) is 49.6 Å². The summed E-state index contributed by atoms with van der Waals surface area (Å²) in [6.45, 7) is 13.4. The van der Waals surface area contributed by atoms with E-state index in [1.165, 1.54) is 5.56 Å². The van der Waals surface area contributed by atoms with Crippen molar-refractivity contribution in [2.75, 3.05) is 0 Å². The number of fused-ring (bicyclic) bond motifs is 3. The first-order valence-corrected chi connectivity index (χ1v) is 11.1. The fourth-order valence-electron chi connectivity index (χ4n) is 4.72. The van der Waals surface area contributed by atoms with E-state index in [1.54, 1.807) is 18.2 Å². The van der Waals surface area contributed by atoms with Gasteiger partial charge in [0.15, 0.2) is 0 Å². The summed E-state index contributed by atoms with van der Waals surface area (Å²) in [6.07, 6.45) is 0. The van der Waals surface area contributed by atoms with Gasteiger partial charge in [0.05, 0.1) is 4.92 Å². The lowest BCUT2D eigenvalue weighted by molar-refractivity contribution is -0.384. The fraction of sp³-hybridized carbons (Fsp3) is 0.296. The average Bonchev–Trinajstić information content (AvgIpc) is 3.07. The molecule has 1 heterocycles. The number of aromatic nitrogens is 1. The van der Waals surface area contributed by atoms with E-state index in [0.717, 1.165) is 50.6 Å². The summed E-state index contributed by atoms with van der Waals surface area (Å²) in [4.78, 5) is 11.0. The van der Waals surface area contributed by atoms with Crippen LogP contribution in [0.4, 0.5) is 5.69 Å². The topological polar surface area (TPSA) is 80.7 Å². The zero-order valence-electron chi connectivity index (χ0n) is 19.9. The Hall–Kier alpha value is -3.67. The van der Waals surface area contributed by atoms with Crippen molar-refractivity contribution in [3.63, 3.8) is 0 Å². The smallest absolute Gasteiger partial charge is 0.270 e. The fourth-order valence-corrected chi connectivity index (χ4v) is 4.72. The van der Waals surface area contributed by atoms with Gasteiger partial charge in [0.25, 0.3) is 5.69 Å². The number of hydrogen-bond acceptors (Lipinski definition) is 4. The molecule has 170 valence electrons. The molecular formula is C27H29N3O3.